The molecule has 1 aromatic heterocycles. The first-order valence-electron chi connectivity index (χ1n) is 7.20. The van der Waals surface area contributed by atoms with Crippen LogP contribution in [0.15, 0.2) is 63.6 Å². The summed E-state index contributed by atoms with van der Waals surface area (Å²) < 4.78 is 5.58. The molecule has 0 radical (unpaired) electrons. The summed E-state index contributed by atoms with van der Waals surface area (Å²) >= 11 is 6.43. The molecule has 0 unspecified atom stereocenters. The molecular formula is C17H12N2O4S2. The van der Waals surface area contributed by atoms with E-state index in [-0.39, 0.29) is 11.6 Å². The van der Waals surface area contributed by atoms with Crippen LogP contribution in [-0.4, -0.2) is 15.2 Å². The molecule has 1 aromatic carbocycles. The second kappa shape index (κ2) is 7.04. The van der Waals surface area contributed by atoms with Crippen molar-refractivity contribution in [2.75, 3.05) is 4.90 Å². The number of non-ortho nitro benzene ring substituents is 1. The van der Waals surface area contributed by atoms with Crippen molar-refractivity contribution in [2.45, 2.75) is 6.92 Å². The summed E-state index contributed by atoms with van der Waals surface area (Å²) in [7, 11) is 0. The van der Waals surface area contributed by atoms with E-state index in [4.69, 9.17) is 16.6 Å². The number of anilines is 1. The number of rotatable bonds is 4. The Morgan fingerprint density at radius 3 is 2.84 bits per heavy atom. The van der Waals surface area contributed by atoms with Gasteiger partial charge in [-0.2, -0.15) is 0 Å². The van der Waals surface area contributed by atoms with Crippen LogP contribution in [0.5, 0.6) is 0 Å². The highest BCUT2D eigenvalue weighted by atomic mass is 32.2. The van der Waals surface area contributed by atoms with Crippen molar-refractivity contribution in [3.05, 3.63) is 75.1 Å². The third kappa shape index (κ3) is 3.70. The van der Waals surface area contributed by atoms with Gasteiger partial charge in [-0.05, 0) is 42.8 Å². The number of carbonyl (C=O) groups is 1. The van der Waals surface area contributed by atoms with Gasteiger partial charge in [-0.3, -0.25) is 19.8 Å². The largest absolute Gasteiger partial charge is 0.465 e. The number of allylic oxidation sites excluding steroid dienone is 2. The van der Waals surface area contributed by atoms with Gasteiger partial charge in [0.05, 0.1) is 21.8 Å². The molecule has 0 saturated carbocycles. The summed E-state index contributed by atoms with van der Waals surface area (Å²) in [5, 5.41) is 10.9. The summed E-state index contributed by atoms with van der Waals surface area (Å²) in [6.45, 7) is 1.85. The minimum Gasteiger partial charge on any atom is -0.465 e. The smallest absolute Gasteiger partial charge is 0.271 e. The normalized spacial score (nSPS) is 16.8. The highest BCUT2D eigenvalue weighted by Gasteiger charge is 2.33. The number of hydrogen-bond acceptors (Lipinski definition) is 6. The molecule has 0 spiro atoms. The number of amides is 1. The molecule has 2 aromatic rings. The van der Waals surface area contributed by atoms with Gasteiger partial charge < -0.3 is 4.42 Å². The van der Waals surface area contributed by atoms with Gasteiger partial charge in [-0.25, -0.2) is 0 Å². The zero-order valence-electron chi connectivity index (χ0n) is 13.0. The highest BCUT2D eigenvalue weighted by molar-refractivity contribution is 8.27. The maximum absolute atomic E-state index is 12.7. The molecule has 126 valence electrons. The molecule has 1 aliphatic rings. The van der Waals surface area contributed by atoms with Crippen LogP contribution >= 0.6 is 24.0 Å². The first-order chi connectivity index (χ1) is 12.0. The molecule has 3 rings (SSSR count). The quantitative estimate of drug-likeness (QED) is 0.339. The molecule has 0 atom stereocenters. The van der Waals surface area contributed by atoms with E-state index < -0.39 is 4.92 Å². The van der Waals surface area contributed by atoms with Crippen molar-refractivity contribution in [3.8, 4) is 0 Å². The van der Waals surface area contributed by atoms with Crippen LogP contribution in [0.25, 0.3) is 6.08 Å². The fourth-order valence-electron chi connectivity index (χ4n) is 2.28. The predicted molar refractivity (Wildman–Crippen MR) is 101 cm³/mol. The molecule has 1 aliphatic heterocycles. The zero-order valence-corrected chi connectivity index (χ0v) is 14.7. The van der Waals surface area contributed by atoms with Gasteiger partial charge in [0.15, 0.2) is 4.32 Å². The maximum Gasteiger partial charge on any atom is 0.271 e. The maximum atomic E-state index is 12.7. The first kappa shape index (κ1) is 17.1. The van der Waals surface area contributed by atoms with E-state index in [1.54, 1.807) is 30.5 Å². The van der Waals surface area contributed by atoms with Crippen molar-refractivity contribution in [3.63, 3.8) is 0 Å². The van der Waals surface area contributed by atoms with E-state index in [0.29, 0.717) is 20.7 Å². The van der Waals surface area contributed by atoms with Crippen LogP contribution in [0.3, 0.4) is 0 Å². The van der Waals surface area contributed by atoms with E-state index >= 15 is 0 Å². The molecular weight excluding hydrogens is 360 g/mol. The molecule has 2 heterocycles. The topological polar surface area (TPSA) is 76.6 Å². The molecule has 0 bridgehead atoms. The van der Waals surface area contributed by atoms with Crippen LogP contribution in [0.4, 0.5) is 11.4 Å². The number of nitrogens with zero attached hydrogens (tertiary/aromatic N) is 2. The first-order valence-corrected chi connectivity index (χ1v) is 8.42. The Labute approximate surface area is 153 Å². The van der Waals surface area contributed by atoms with E-state index in [9.17, 15) is 14.9 Å². The lowest BCUT2D eigenvalue weighted by Crippen LogP contribution is -2.27. The van der Waals surface area contributed by atoms with Crippen molar-refractivity contribution in [1.82, 2.24) is 0 Å². The Morgan fingerprint density at radius 2 is 2.16 bits per heavy atom. The van der Waals surface area contributed by atoms with Crippen LogP contribution in [-0.2, 0) is 4.79 Å². The molecule has 8 heteroatoms. The Kier molecular flexibility index (Phi) is 4.82. The molecule has 0 aliphatic carbocycles. The molecule has 1 fully saturated rings. The Morgan fingerprint density at radius 1 is 1.36 bits per heavy atom. The minimum atomic E-state index is -0.507. The summed E-state index contributed by atoms with van der Waals surface area (Å²) in [4.78, 5) is 24.8. The van der Waals surface area contributed by atoms with Gasteiger partial charge in [0.2, 0.25) is 0 Å². The average molecular weight is 372 g/mol. The minimum absolute atomic E-state index is 0.0931. The lowest BCUT2D eigenvalue weighted by Gasteiger charge is -2.13. The number of carbonyl (C=O) groups excluding carboxylic acids is 1. The van der Waals surface area contributed by atoms with Crippen LogP contribution in [0, 0.1) is 10.1 Å². The zero-order chi connectivity index (χ0) is 18.0. The van der Waals surface area contributed by atoms with Gasteiger partial charge in [0, 0.05) is 12.1 Å². The molecule has 25 heavy (non-hydrogen) atoms. The van der Waals surface area contributed by atoms with Crippen LogP contribution in [0.1, 0.15) is 12.7 Å². The Balaban J connectivity index is 1.89. The van der Waals surface area contributed by atoms with Gasteiger partial charge in [0.1, 0.15) is 5.76 Å². The fraction of sp³-hybridized carbons (Fsp3) is 0.0588. The third-order valence-corrected chi connectivity index (χ3v) is 4.67. The number of nitro benzene ring substituents is 1. The number of thioether (sulfide) groups is 1. The third-order valence-electron chi connectivity index (χ3n) is 3.36. The lowest BCUT2D eigenvalue weighted by atomic mass is 10.2. The van der Waals surface area contributed by atoms with Gasteiger partial charge >= 0.3 is 0 Å². The Hall–Kier alpha value is -2.71. The number of benzene rings is 1. The number of thiocarbonyl (C=S) groups is 1. The lowest BCUT2D eigenvalue weighted by molar-refractivity contribution is -0.384. The summed E-state index contributed by atoms with van der Waals surface area (Å²) in [5.41, 5.74) is 1.12. The van der Waals surface area contributed by atoms with Gasteiger partial charge in [-0.1, -0.05) is 30.0 Å². The summed E-state index contributed by atoms with van der Waals surface area (Å²) in [5.74, 6) is 0.380. The summed E-state index contributed by atoms with van der Waals surface area (Å²) in [6, 6.07) is 9.43. The molecule has 6 nitrogen and oxygen atoms in total. The molecule has 0 N–H and O–H groups in total. The number of hydrogen-bond donors (Lipinski definition) is 0. The SMILES string of the molecule is CC(=C/c1ccco1)/C=C1/SC(=S)N(c2cccc([N+](=O)[O-])c2)C1=O. The molecule has 1 saturated heterocycles. The predicted octanol–water partition coefficient (Wildman–Crippen LogP) is 4.54. The monoisotopic (exact) mass is 372 g/mol. The van der Waals surface area contributed by atoms with Crippen molar-refractivity contribution < 1.29 is 14.1 Å². The van der Waals surface area contributed by atoms with Crippen LogP contribution < -0.4 is 4.90 Å². The average Bonchev–Trinajstić information content (AvgIpc) is 3.16. The van der Waals surface area contributed by atoms with Crippen molar-refractivity contribution in [1.29, 1.82) is 0 Å². The van der Waals surface area contributed by atoms with Crippen LogP contribution in [0.2, 0.25) is 0 Å². The summed E-state index contributed by atoms with van der Waals surface area (Å²) in [6.07, 6.45) is 5.10. The van der Waals surface area contributed by atoms with Crippen molar-refractivity contribution >= 4 is 51.7 Å². The van der Waals surface area contributed by atoms with E-state index in [1.165, 1.54) is 23.1 Å². The highest BCUT2D eigenvalue weighted by Crippen LogP contribution is 2.36. The van der Waals surface area contributed by atoms with E-state index in [1.807, 2.05) is 13.0 Å². The second-order valence-corrected chi connectivity index (χ2v) is 6.87. The molecule has 1 amide bonds. The van der Waals surface area contributed by atoms with Crippen molar-refractivity contribution in [2.24, 2.45) is 0 Å². The van der Waals surface area contributed by atoms with Gasteiger partial charge in [0.25, 0.3) is 11.6 Å². The Bertz CT molecular complexity index is 916. The van der Waals surface area contributed by atoms with Gasteiger partial charge in [-0.15, -0.1) is 0 Å². The standard InChI is InChI=1S/C17H12N2O4S2/c1-11(8-14-6-3-7-23-14)9-15-16(20)18(17(24)25-15)12-4-2-5-13(10-12)19(21)22/h2-10H,1H3/b11-8-,15-9+. The fourth-order valence-corrected chi connectivity index (χ4v) is 3.63. The van der Waals surface area contributed by atoms with E-state index in [0.717, 1.165) is 17.3 Å². The second-order valence-electron chi connectivity index (χ2n) is 5.20. The number of furan rings is 1. The number of nitro groups is 1. The van der Waals surface area contributed by atoms with E-state index in [2.05, 4.69) is 0 Å².